The summed E-state index contributed by atoms with van der Waals surface area (Å²) in [7, 11) is 0. The minimum absolute atomic E-state index is 0.730. The quantitative estimate of drug-likeness (QED) is 0.746. The number of nitrogens with zero attached hydrogens (tertiary/aromatic N) is 1. The third kappa shape index (κ3) is 2.61. The van der Waals surface area contributed by atoms with Gasteiger partial charge in [-0.3, -0.25) is 4.98 Å². The predicted molar refractivity (Wildman–Crippen MR) is 85.3 cm³/mol. The number of halogens is 1. The molecule has 0 aliphatic carbocycles. The van der Waals surface area contributed by atoms with Crippen LogP contribution in [0.5, 0.6) is 0 Å². The Morgan fingerprint density at radius 3 is 2.65 bits per heavy atom. The Bertz CT molecular complexity index is 753. The van der Waals surface area contributed by atoms with E-state index < -0.39 is 0 Å². The maximum atomic E-state index is 6.17. The van der Waals surface area contributed by atoms with Crippen molar-refractivity contribution in [3.05, 3.63) is 70.9 Å². The van der Waals surface area contributed by atoms with Crippen LogP contribution < -0.4 is 5.32 Å². The lowest BCUT2D eigenvalue weighted by Crippen LogP contribution is -2.02. The molecule has 0 spiro atoms. The summed E-state index contributed by atoms with van der Waals surface area (Å²) in [4.78, 5) is 4.56. The third-order valence-electron chi connectivity index (χ3n) is 3.27. The first kappa shape index (κ1) is 12.9. The number of nitrogens with one attached hydrogen (secondary N) is 1. The number of rotatable bonds is 3. The Hall–Kier alpha value is -2.06. The van der Waals surface area contributed by atoms with Crippen molar-refractivity contribution in [3.8, 4) is 0 Å². The van der Waals surface area contributed by atoms with Crippen molar-refractivity contribution < 1.29 is 0 Å². The van der Waals surface area contributed by atoms with Crippen LogP contribution in [0.25, 0.3) is 10.9 Å². The zero-order valence-electron chi connectivity index (χ0n) is 11.2. The molecular formula is C17H15ClN2. The number of aryl methyl sites for hydroxylation is 1. The van der Waals surface area contributed by atoms with Crippen LogP contribution in [0.2, 0.25) is 5.02 Å². The van der Waals surface area contributed by atoms with E-state index >= 15 is 0 Å². The second-order valence-electron chi connectivity index (χ2n) is 4.77. The fourth-order valence-electron chi connectivity index (χ4n) is 2.34. The van der Waals surface area contributed by atoms with Crippen LogP contribution in [-0.2, 0) is 6.54 Å². The molecule has 100 valence electrons. The normalized spacial score (nSPS) is 10.7. The summed E-state index contributed by atoms with van der Waals surface area (Å²) in [5.41, 5.74) is 4.24. The van der Waals surface area contributed by atoms with E-state index in [2.05, 4.69) is 22.4 Å². The van der Waals surface area contributed by atoms with Gasteiger partial charge in [-0.05, 0) is 36.8 Å². The van der Waals surface area contributed by atoms with E-state index in [1.807, 2.05) is 49.4 Å². The van der Waals surface area contributed by atoms with Gasteiger partial charge in [-0.15, -0.1) is 0 Å². The van der Waals surface area contributed by atoms with Crippen LogP contribution in [0, 0.1) is 6.92 Å². The van der Waals surface area contributed by atoms with E-state index in [1.54, 1.807) is 0 Å². The Labute approximate surface area is 123 Å². The Morgan fingerprint density at radius 1 is 1.05 bits per heavy atom. The zero-order valence-corrected chi connectivity index (χ0v) is 12.0. The molecule has 0 fully saturated rings. The number of fused-ring (bicyclic) bond motifs is 1. The molecule has 0 atom stereocenters. The van der Waals surface area contributed by atoms with E-state index in [4.69, 9.17) is 11.6 Å². The van der Waals surface area contributed by atoms with Gasteiger partial charge in [-0.25, -0.2) is 0 Å². The fraction of sp³-hybridized carbons (Fsp3) is 0.118. The number of benzene rings is 2. The summed E-state index contributed by atoms with van der Waals surface area (Å²) in [6.45, 7) is 2.75. The van der Waals surface area contributed by atoms with Crippen LogP contribution >= 0.6 is 11.6 Å². The zero-order chi connectivity index (χ0) is 13.9. The lowest BCUT2D eigenvalue weighted by molar-refractivity contribution is 1.13. The van der Waals surface area contributed by atoms with E-state index in [-0.39, 0.29) is 0 Å². The maximum Gasteiger partial charge on any atom is 0.0708 e. The first-order chi connectivity index (χ1) is 9.74. The van der Waals surface area contributed by atoms with E-state index in [0.717, 1.165) is 28.5 Å². The minimum Gasteiger partial charge on any atom is -0.380 e. The lowest BCUT2D eigenvalue weighted by Gasteiger charge is -2.11. The number of aromatic nitrogens is 1. The summed E-state index contributed by atoms with van der Waals surface area (Å²) in [5, 5.41) is 5.31. The van der Waals surface area contributed by atoms with Crippen molar-refractivity contribution in [1.29, 1.82) is 0 Å². The highest BCUT2D eigenvalue weighted by atomic mass is 35.5. The summed E-state index contributed by atoms with van der Waals surface area (Å²) in [6, 6.07) is 18.1. The monoisotopic (exact) mass is 282 g/mol. The van der Waals surface area contributed by atoms with Gasteiger partial charge in [-0.1, -0.05) is 41.9 Å². The molecule has 0 bridgehead atoms. The standard InChI is InChI=1S/C17H15ClN2/c1-12-10-13(14-6-2-4-8-16(14)20-12)11-19-17-9-5-3-7-15(17)18/h2-10,19H,11H2,1H3. The van der Waals surface area contributed by atoms with Crippen LogP contribution in [-0.4, -0.2) is 4.98 Å². The molecule has 3 aromatic rings. The average Bonchev–Trinajstić information content (AvgIpc) is 2.46. The SMILES string of the molecule is Cc1cc(CNc2ccccc2Cl)c2ccccc2n1. The van der Waals surface area contributed by atoms with Gasteiger partial charge in [0.05, 0.1) is 16.2 Å². The number of anilines is 1. The summed E-state index contributed by atoms with van der Waals surface area (Å²) < 4.78 is 0. The fourth-order valence-corrected chi connectivity index (χ4v) is 2.54. The predicted octanol–water partition coefficient (Wildman–Crippen LogP) is 4.81. The number of pyridine rings is 1. The number of hydrogen-bond acceptors (Lipinski definition) is 2. The molecule has 0 amide bonds. The van der Waals surface area contributed by atoms with Crippen molar-refractivity contribution >= 4 is 28.2 Å². The van der Waals surface area contributed by atoms with Crippen molar-refractivity contribution in [2.24, 2.45) is 0 Å². The molecule has 0 unspecified atom stereocenters. The summed E-state index contributed by atoms with van der Waals surface area (Å²) in [6.07, 6.45) is 0. The molecule has 1 aromatic heterocycles. The molecule has 0 radical (unpaired) electrons. The van der Waals surface area contributed by atoms with Crippen molar-refractivity contribution in [2.75, 3.05) is 5.32 Å². The first-order valence-electron chi connectivity index (χ1n) is 6.58. The lowest BCUT2D eigenvalue weighted by atomic mass is 10.1. The minimum atomic E-state index is 0.730. The molecular weight excluding hydrogens is 268 g/mol. The van der Waals surface area contributed by atoms with Gasteiger partial charge in [-0.2, -0.15) is 0 Å². The molecule has 1 heterocycles. The summed E-state index contributed by atoms with van der Waals surface area (Å²) >= 11 is 6.17. The Balaban J connectivity index is 1.93. The maximum absolute atomic E-state index is 6.17. The van der Waals surface area contributed by atoms with Gasteiger partial charge < -0.3 is 5.32 Å². The molecule has 0 saturated carbocycles. The van der Waals surface area contributed by atoms with Crippen molar-refractivity contribution in [3.63, 3.8) is 0 Å². The second kappa shape index (κ2) is 5.51. The molecule has 1 N–H and O–H groups in total. The van der Waals surface area contributed by atoms with Crippen LogP contribution in [0.3, 0.4) is 0 Å². The molecule has 3 rings (SSSR count). The van der Waals surface area contributed by atoms with Gasteiger partial charge in [0.15, 0.2) is 0 Å². The van der Waals surface area contributed by atoms with Gasteiger partial charge in [0.2, 0.25) is 0 Å². The second-order valence-corrected chi connectivity index (χ2v) is 5.18. The molecule has 0 saturated heterocycles. The van der Waals surface area contributed by atoms with E-state index in [1.165, 1.54) is 10.9 Å². The number of hydrogen-bond donors (Lipinski definition) is 1. The van der Waals surface area contributed by atoms with Gasteiger partial charge in [0.25, 0.3) is 0 Å². The molecule has 2 aromatic carbocycles. The highest BCUT2D eigenvalue weighted by Gasteiger charge is 2.04. The van der Waals surface area contributed by atoms with Gasteiger partial charge >= 0.3 is 0 Å². The van der Waals surface area contributed by atoms with Gasteiger partial charge in [0, 0.05) is 17.6 Å². The van der Waals surface area contributed by atoms with Gasteiger partial charge in [0.1, 0.15) is 0 Å². The summed E-state index contributed by atoms with van der Waals surface area (Å²) in [5.74, 6) is 0. The van der Waals surface area contributed by atoms with E-state index in [0.29, 0.717) is 0 Å². The molecule has 3 heteroatoms. The highest BCUT2D eigenvalue weighted by Crippen LogP contribution is 2.23. The van der Waals surface area contributed by atoms with Crippen LogP contribution in [0.15, 0.2) is 54.6 Å². The van der Waals surface area contributed by atoms with Crippen LogP contribution in [0.1, 0.15) is 11.3 Å². The molecule has 2 nitrogen and oxygen atoms in total. The molecule has 0 aliphatic heterocycles. The smallest absolute Gasteiger partial charge is 0.0708 e. The van der Waals surface area contributed by atoms with Crippen molar-refractivity contribution in [2.45, 2.75) is 13.5 Å². The molecule has 0 aliphatic rings. The van der Waals surface area contributed by atoms with Crippen molar-refractivity contribution in [1.82, 2.24) is 4.98 Å². The Kier molecular flexibility index (Phi) is 3.57. The molecule has 20 heavy (non-hydrogen) atoms. The highest BCUT2D eigenvalue weighted by molar-refractivity contribution is 6.33. The van der Waals surface area contributed by atoms with Crippen LogP contribution in [0.4, 0.5) is 5.69 Å². The number of para-hydroxylation sites is 2. The third-order valence-corrected chi connectivity index (χ3v) is 3.60. The topological polar surface area (TPSA) is 24.9 Å². The first-order valence-corrected chi connectivity index (χ1v) is 6.95. The largest absolute Gasteiger partial charge is 0.380 e. The van der Waals surface area contributed by atoms with E-state index in [9.17, 15) is 0 Å². The average molecular weight is 283 g/mol. The Morgan fingerprint density at radius 2 is 1.80 bits per heavy atom.